The lowest BCUT2D eigenvalue weighted by Gasteiger charge is -2.14. The van der Waals surface area contributed by atoms with Gasteiger partial charge in [0.25, 0.3) is 5.91 Å². The first-order valence-corrected chi connectivity index (χ1v) is 6.58. The molecule has 0 aliphatic heterocycles. The lowest BCUT2D eigenvalue weighted by Crippen LogP contribution is -2.26. The van der Waals surface area contributed by atoms with Crippen LogP contribution in [0.3, 0.4) is 0 Å². The molecular formula is C16H17NO4. The maximum Gasteiger partial charge on any atom is 0.338 e. The van der Waals surface area contributed by atoms with Crippen molar-refractivity contribution in [3.05, 3.63) is 58.5 Å². The lowest BCUT2D eigenvalue weighted by molar-refractivity contribution is 0.0695. The molecule has 0 saturated heterocycles. The molecule has 0 fully saturated rings. The molecule has 0 radical (unpaired) electrons. The quantitative estimate of drug-likeness (QED) is 0.905. The van der Waals surface area contributed by atoms with Gasteiger partial charge in [0.15, 0.2) is 5.76 Å². The molecule has 21 heavy (non-hydrogen) atoms. The van der Waals surface area contributed by atoms with Gasteiger partial charge in [0.1, 0.15) is 6.26 Å². The maximum atomic E-state index is 12.0. The van der Waals surface area contributed by atoms with Crippen molar-refractivity contribution in [2.75, 3.05) is 0 Å². The van der Waals surface area contributed by atoms with Crippen molar-refractivity contribution in [2.24, 2.45) is 0 Å². The molecule has 0 aliphatic carbocycles. The Morgan fingerprint density at radius 1 is 1.19 bits per heavy atom. The van der Waals surface area contributed by atoms with Gasteiger partial charge < -0.3 is 14.8 Å². The zero-order chi connectivity index (χ0) is 15.6. The minimum absolute atomic E-state index is 0.0110. The van der Waals surface area contributed by atoms with E-state index in [1.54, 1.807) is 0 Å². The Morgan fingerprint density at radius 2 is 1.90 bits per heavy atom. The minimum Gasteiger partial charge on any atom is -0.478 e. The summed E-state index contributed by atoms with van der Waals surface area (Å²) < 4.78 is 4.97. The lowest BCUT2D eigenvalue weighted by atomic mass is 10.0. The van der Waals surface area contributed by atoms with E-state index in [4.69, 9.17) is 9.52 Å². The van der Waals surface area contributed by atoms with Gasteiger partial charge in [-0.15, -0.1) is 0 Å². The van der Waals surface area contributed by atoms with Gasteiger partial charge in [-0.2, -0.15) is 0 Å². The molecular weight excluding hydrogens is 270 g/mol. The predicted octanol–water partition coefficient (Wildman–Crippen LogP) is 3.09. The van der Waals surface area contributed by atoms with Crippen molar-refractivity contribution in [3.63, 3.8) is 0 Å². The Balaban J connectivity index is 2.10. The summed E-state index contributed by atoms with van der Waals surface area (Å²) in [6.45, 7) is 5.90. The normalized spacial score (nSPS) is 12.0. The molecule has 2 rings (SSSR count). The number of amides is 1. The number of furan rings is 1. The summed E-state index contributed by atoms with van der Waals surface area (Å²) in [5.41, 5.74) is 3.28. The topological polar surface area (TPSA) is 79.5 Å². The van der Waals surface area contributed by atoms with Gasteiger partial charge in [0.2, 0.25) is 0 Å². The van der Waals surface area contributed by atoms with Crippen molar-refractivity contribution in [2.45, 2.75) is 26.8 Å². The molecule has 1 unspecified atom stereocenters. The number of aromatic carboxylic acids is 1. The average Bonchev–Trinajstić information content (AvgIpc) is 2.91. The maximum absolute atomic E-state index is 12.0. The predicted molar refractivity (Wildman–Crippen MR) is 77.5 cm³/mol. The van der Waals surface area contributed by atoms with E-state index < -0.39 is 11.9 Å². The van der Waals surface area contributed by atoms with Crippen LogP contribution in [0.1, 0.15) is 50.6 Å². The Kier molecular flexibility index (Phi) is 4.12. The number of carboxylic acids is 1. The molecule has 2 N–H and O–H groups in total. The van der Waals surface area contributed by atoms with Crippen LogP contribution in [0.15, 0.2) is 34.9 Å². The van der Waals surface area contributed by atoms with E-state index in [0.29, 0.717) is 0 Å². The molecule has 0 bridgehead atoms. The molecule has 1 atom stereocenters. The first-order valence-electron chi connectivity index (χ1n) is 6.58. The third kappa shape index (κ3) is 3.31. The molecule has 0 saturated carbocycles. The smallest absolute Gasteiger partial charge is 0.338 e. The van der Waals surface area contributed by atoms with Crippen LogP contribution < -0.4 is 5.32 Å². The minimum atomic E-state index is -1.12. The highest BCUT2D eigenvalue weighted by molar-refractivity contribution is 5.95. The molecule has 2 aromatic rings. The number of hydrogen-bond donors (Lipinski definition) is 2. The third-order valence-electron chi connectivity index (χ3n) is 3.45. The number of carboxylic acid groups (broad SMARTS) is 1. The number of carbonyl (C=O) groups excluding carboxylic acids is 1. The zero-order valence-corrected chi connectivity index (χ0v) is 12.1. The van der Waals surface area contributed by atoms with Crippen molar-refractivity contribution < 1.29 is 19.1 Å². The molecule has 1 heterocycles. The Labute approximate surface area is 122 Å². The van der Waals surface area contributed by atoms with E-state index in [1.165, 1.54) is 11.6 Å². The SMILES string of the molecule is Cc1ccc(C(C)NC(=O)c2cc(C(=O)O)co2)cc1C. The average molecular weight is 287 g/mol. The summed E-state index contributed by atoms with van der Waals surface area (Å²) in [5, 5.41) is 11.6. The number of carbonyl (C=O) groups is 2. The number of nitrogens with one attached hydrogen (secondary N) is 1. The van der Waals surface area contributed by atoms with E-state index in [-0.39, 0.29) is 17.4 Å². The van der Waals surface area contributed by atoms with Crippen LogP contribution in [0.25, 0.3) is 0 Å². The van der Waals surface area contributed by atoms with E-state index in [9.17, 15) is 9.59 Å². The molecule has 1 aromatic carbocycles. The van der Waals surface area contributed by atoms with Gasteiger partial charge in [0.05, 0.1) is 11.6 Å². The summed E-state index contributed by atoms with van der Waals surface area (Å²) >= 11 is 0. The first kappa shape index (κ1) is 14.8. The van der Waals surface area contributed by atoms with E-state index >= 15 is 0 Å². The van der Waals surface area contributed by atoms with Gasteiger partial charge >= 0.3 is 5.97 Å². The second-order valence-electron chi connectivity index (χ2n) is 5.04. The van der Waals surface area contributed by atoms with Crippen LogP contribution in [0, 0.1) is 13.8 Å². The largest absolute Gasteiger partial charge is 0.478 e. The fourth-order valence-corrected chi connectivity index (χ4v) is 1.95. The molecule has 0 spiro atoms. The number of hydrogen-bond acceptors (Lipinski definition) is 3. The monoisotopic (exact) mass is 287 g/mol. The number of rotatable bonds is 4. The van der Waals surface area contributed by atoms with Crippen molar-refractivity contribution in [1.82, 2.24) is 5.32 Å². The van der Waals surface area contributed by atoms with E-state index in [1.807, 2.05) is 39.0 Å². The standard InChI is InChI=1S/C16H17NO4/c1-9-4-5-12(6-10(9)2)11(3)17-15(18)14-7-13(8-21-14)16(19)20/h4-8,11H,1-3H3,(H,17,18)(H,19,20). The number of benzene rings is 1. The Morgan fingerprint density at radius 3 is 2.48 bits per heavy atom. The summed E-state index contributed by atoms with van der Waals surface area (Å²) in [6, 6.07) is 6.99. The van der Waals surface area contributed by atoms with E-state index in [2.05, 4.69) is 5.32 Å². The van der Waals surface area contributed by atoms with Crippen LogP contribution in [-0.4, -0.2) is 17.0 Å². The molecule has 1 aromatic heterocycles. The zero-order valence-electron chi connectivity index (χ0n) is 12.1. The van der Waals surface area contributed by atoms with Crippen LogP contribution in [-0.2, 0) is 0 Å². The first-order chi connectivity index (χ1) is 9.88. The summed E-state index contributed by atoms with van der Waals surface area (Å²) in [6.07, 6.45) is 1.05. The van der Waals surface area contributed by atoms with Gasteiger partial charge in [-0.1, -0.05) is 18.2 Å². The van der Waals surface area contributed by atoms with Gasteiger partial charge in [0, 0.05) is 6.07 Å². The summed E-state index contributed by atoms with van der Waals surface area (Å²) in [5.74, 6) is -1.57. The van der Waals surface area contributed by atoms with Crippen LogP contribution in [0.5, 0.6) is 0 Å². The Hall–Kier alpha value is -2.56. The van der Waals surface area contributed by atoms with Crippen LogP contribution in [0.4, 0.5) is 0 Å². The van der Waals surface area contributed by atoms with E-state index in [0.717, 1.165) is 17.4 Å². The fraction of sp³-hybridized carbons (Fsp3) is 0.250. The third-order valence-corrected chi connectivity index (χ3v) is 3.45. The van der Waals surface area contributed by atoms with Gasteiger partial charge in [-0.25, -0.2) is 4.79 Å². The summed E-state index contributed by atoms with van der Waals surface area (Å²) in [7, 11) is 0. The number of aryl methyl sites for hydroxylation is 2. The van der Waals surface area contributed by atoms with Crippen molar-refractivity contribution in [1.29, 1.82) is 0 Å². The molecule has 1 amide bonds. The highest BCUT2D eigenvalue weighted by Crippen LogP contribution is 2.17. The van der Waals surface area contributed by atoms with Gasteiger partial charge in [-0.3, -0.25) is 4.79 Å². The molecule has 0 aliphatic rings. The highest BCUT2D eigenvalue weighted by Gasteiger charge is 2.17. The summed E-state index contributed by atoms with van der Waals surface area (Å²) in [4.78, 5) is 22.8. The molecule has 110 valence electrons. The van der Waals surface area contributed by atoms with Crippen LogP contribution in [0.2, 0.25) is 0 Å². The molecule has 5 nitrogen and oxygen atoms in total. The molecule has 5 heteroatoms. The van der Waals surface area contributed by atoms with Crippen molar-refractivity contribution in [3.8, 4) is 0 Å². The Bertz CT molecular complexity index is 687. The van der Waals surface area contributed by atoms with Crippen LogP contribution >= 0.6 is 0 Å². The second kappa shape index (κ2) is 5.83. The fourth-order valence-electron chi connectivity index (χ4n) is 1.95. The highest BCUT2D eigenvalue weighted by atomic mass is 16.4. The van der Waals surface area contributed by atoms with Crippen molar-refractivity contribution >= 4 is 11.9 Å². The second-order valence-corrected chi connectivity index (χ2v) is 5.04. The van der Waals surface area contributed by atoms with Gasteiger partial charge in [-0.05, 0) is 37.5 Å².